The van der Waals surface area contributed by atoms with Gasteiger partial charge in [-0.25, -0.2) is 9.18 Å². The zero-order chi connectivity index (χ0) is 29.2. The number of halogens is 2. The molecule has 0 unspecified atom stereocenters. The highest BCUT2D eigenvalue weighted by Gasteiger charge is 2.38. The molecule has 0 saturated heterocycles. The summed E-state index contributed by atoms with van der Waals surface area (Å²) in [5.74, 6) is -0.619. The van der Waals surface area contributed by atoms with E-state index in [0.29, 0.717) is 24.9 Å². The molecule has 2 aliphatic carbocycles. The van der Waals surface area contributed by atoms with E-state index in [1.165, 1.54) is 19.8 Å². The summed E-state index contributed by atoms with van der Waals surface area (Å²) in [5, 5.41) is 0.198. The number of aryl methyl sites for hydroxylation is 2. The number of amides is 1. The Labute approximate surface area is 248 Å². The quantitative estimate of drug-likeness (QED) is 0.286. The number of rotatable bonds is 8. The normalized spacial score (nSPS) is 14.9. The molecular formula is C30H29FIN5O4. The average molecular weight is 669 g/mol. The Bertz CT molecular complexity index is 1920. The van der Waals surface area contributed by atoms with Crippen LogP contribution in [-0.2, 0) is 18.3 Å². The van der Waals surface area contributed by atoms with Crippen LogP contribution in [0.5, 0.6) is 0 Å². The van der Waals surface area contributed by atoms with Crippen LogP contribution in [-0.4, -0.2) is 25.7 Å². The van der Waals surface area contributed by atoms with Gasteiger partial charge in [0.05, 0.1) is 16.9 Å². The molecule has 2 saturated carbocycles. The number of carbonyl (C=O) groups is 1. The van der Waals surface area contributed by atoms with Gasteiger partial charge in [-0.15, -0.1) is 0 Å². The van der Waals surface area contributed by atoms with Gasteiger partial charge in [0.15, 0.2) is 0 Å². The minimum atomic E-state index is -0.530. The van der Waals surface area contributed by atoms with E-state index in [-0.39, 0.29) is 52.0 Å². The Morgan fingerprint density at radius 2 is 1.80 bits per heavy atom. The van der Waals surface area contributed by atoms with Crippen LogP contribution in [0.2, 0.25) is 0 Å². The van der Waals surface area contributed by atoms with E-state index in [9.17, 15) is 19.2 Å². The smallest absolute Gasteiger partial charge is 0.336 e. The van der Waals surface area contributed by atoms with Crippen molar-refractivity contribution >= 4 is 50.9 Å². The van der Waals surface area contributed by atoms with Crippen LogP contribution in [0.3, 0.4) is 0 Å². The SMILES string of the molecule is Cc1c(=O)n(C)c(N(c2ccc(I)cc2F)C2CC2)c2c(=O)n(C3CC3)c(=O)n(-c3cccc(CCC(N)=O)c3)c12. The average Bonchev–Trinajstić information content (AvgIpc) is 3.85. The molecule has 0 aliphatic heterocycles. The van der Waals surface area contributed by atoms with Crippen LogP contribution in [0.4, 0.5) is 15.9 Å². The maximum Gasteiger partial charge on any atom is 0.336 e. The summed E-state index contributed by atoms with van der Waals surface area (Å²) < 4.78 is 20.3. The van der Waals surface area contributed by atoms with Crippen molar-refractivity contribution in [3.63, 3.8) is 0 Å². The van der Waals surface area contributed by atoms with Gasteiger partial charge in [-0.2, -0.15) is 0 Å². The van der Waals surface area contributed by atoms with E-state index in [1.54, 1.807) is 49.2 Å². The molecular weight excluding hydrogens is 640 g/mol. The molecule has 2 aliphatic rings. The summed E-state index contributed by atoms with van der Waals surface area (Å²) in [6.07, 6.45) is 3.45. The summed E-state index contributed by atoms with van der Waals surface area (Å²) in [6.45, 7) is 1.61. The number of pyridine rings is 1. The minimum Gasteiger partial charge on any atom is -0.370 e. The predicted octanol–water partition coefficient (Wildman–Crippen LogP) is 3.96. The van der Waals surface area contributed by atoms with Crippen molar-refractivity contribution in [2.75, 3.05) is 4.90 Å². The molecule has 9 nitrogen and oxygen atoms in total. The van der Waals surface area contributed by atoms with E-state index in [2.05, 4.69) is 0 Å². The van der Waals surface area contributed by atoms with Crippen LogP contribution < -0.4 is 27.4 Å². The van der Waals surface area contributed by atoms with Gasteiger partial charge in [0.1, 0.15) is 17.0 Å². The topological polar surface area (TPSA) is 112 Å². The molecule has 212 valence electrons. The molecule has 0 spiro atoms. The lowest BCUT2D eigenvalue weighted by Crippen LogP contribution is -2.42. The lowest BCUT2D eigenvalue weighted by atomic mass is 10.1. The molecule has 2 N–H and O–H groups in total. The summed E-state index contributed by atoms with van der Waals surface area (Å²) in [5.41, 5.74) is 5.93. The summed E-state index contributed by atoms with van der Waals surface area (Å²) in [6, 6.07) is 11.7. The van der Waals surface area contributed by atoms with Crippen molar-refractivity contribution in [1.29, 1.82) is 0 Å². The van der Waals surface area contributed by atoms with Crippen LogP contribution in [0.15, 0.2) is 56.8 Å². The van der Waals surface area contributed by atoms with Gasteiger partial charge in [-0.1, -0.05) is 12.1 Å². The van der Waals surface area contributed by atoms with Crippen LogP contribution >= 0.6 is 22.6 Å². The van der Waals surface area contributed by atoms with Crippen LogP contribution in [0.25, 0.3) is 16.6 Å². The Kier molecular flexibility index (Phi) is 6.87. The molecule has 4 aromatic rings. The number of primary amides is 1. The highest BCUT2D eigenvalue weighted by Crippen LogP contribution is 2.42. The van der Waals surface area contributed by atoms with Gasteiger partial charge < -0.3 is 10.6 Å². The Hall–Kier alpha value is -3.74. The predicted molar refractivity (Wildman–Crippen MR) is 164 cm³/mol. The number of aromatic nitrogens is 3. The van der Waals surface area contributed by atoms with E-state index in [1.807, 2.05) is 28.7 Å². The van der Waals surface area contributed by atoms with E-state index in [0.717, 1.165) is 22.0 Å². The third-order valence-corrected chi connectivity index (χ3v) is 8.53. The number of hydrogen-bond donors (Lipinski definition) is 1. The minimum absolute atomic E-state index is 0.104. The number of benzene rings is 2. The summed E-state index contributed by atoms with van der Waals surface area (Å²) in [7, 11) is 1.59. The largest absolute Gasteiger partial charge is 0.370 e. The molecule has 2 aromatic heterocycles. The molecule has 2 heterocycles. The van der Waals surface area contributed by atoms with Gasteiger partial charge in [0.2, 0.25) is 5.91 Å². The van der Waals surface area contributed by atoms with Crippen molar-refractivity contribution in [2.24, 2.45) is 12.8 Å². The number of hydrogen-bond acceptors (Lipinski definition) is 5. The number of fused-ring (bicyclic) bond motifs is 1. The summed E-state index contributed by atoms with van der Waals surface area (Å²) >= 11 is 2.04. The van der Waals surface area contributed by atoms with Crippen LogP contribution in [0, 0.1) is 16.3 Å². The molecule has 6 rings (SSSR count). The van der Waals surface area contributed by atoms with Crippen molar-refractivity contribution < 1.29 is 9.18 Å². The lowest BCUT2D eigenvalue weighted by molar-refractivity contribution is -0.117. The zero-order valence-corrected chi connectivity index (χ0v) is 24.9. The number of nitrogens with zero attached hydrogens (tertiary/aromatic N) is 4. The molecule has 0 radical (unpaired) electrons. The molecule has 41 heavy (non-hydrogen) atoms. The van der Waals surface area contributed by atoms with Gasteiger partial charge in [0, 0.05) is 34.7 Å². The second-order valence-corrected chi connectivity index (χ2v) is 12.1. The van der Waals surface area contributed by atoms with Gasteiger partial charge >= 0.3 is 5.69 Å². The lowest BCUT2D eigenvalue weighted by Gasteiger charge is -2.29. The second-order valence-electron chi connectivity index (χ2n) is 10.9. The van der Waals surface area contributed by atoms with E-state index >= 15 is 4.39 Å². The van der Waals surface area contributed by atoms with Gasteiger partial charge in [-0.3, -0.25) is 28.1 Å². The maximum absolute atomic E-state index is 15.5. The highest BCUT2D eigenvalue weighted by molar-refractivity contribution is 14.1. The zero-order valence-electron chi connectivity index (χ0n) is 22.7. The molecule has 2 aromatic carbocycles. The third-order valence-electron chi connectivity index (χ3n) is 7.86. The monoisotopic (exact) mass is 669 g/mol. The van der Waals surface area contributed by atoms with Crippen molar-refractivity contribution in [2.45, 2.75) is 57.5 Å². The molecule has 0 bridgehead atoms. The molecule has 0 atom stereocenters. The van der Waals surface area contributed by atoms with Gasteiger partial charge in [-0.05, 0) is 97.5 Å². The Morgan fingerprint density at radius 3 is 2.44 bits per heavy atom. The van der Waals surface area contributed by atoms with Crippen molar-refractivity contribution in [3.8, 4) is 5.69 Å². The first-order chi connectivity index (χ1) is 19.6. The number of anilines is 2. The second kappa shape index (κ2) is 10.3. The fourth-order valence-electron chi connectivity index (χ4n) is 5.59. The Balaban J connectivity index is 1.73. The number of nitrogens with two attached hydrogens (primary N) is 1. The van der Waals surface area contributed by atoms with Crippen molar-refractivity contribution in [3.05, 3.63) is 94.2 Å². The number of carbonyl (C=O) groups excluding carboxylic acids is 1. The maximum atomic E-state index is 15.5. The van der Waals surface area contributed by atoms with Crippen LogP contribution in [0.1, 0.15) is 49.3 Å². The molecule has 11 heteroatoms. The standard InChI is InChI=1S/C30H29FIN5O4/c1-16-26-25(27(34(2)28(16)39)35(19-8-9-19)23-12-7-18(32)15-22(23)31)29(40)37(20-10-11-20)30(41)36(26)21-5-3-4-17(14-21)6-13-24(33)38/h3-5,7,12,14-15,19-20H,6,8-11,13H2,1-2H3,(H2,33,38). The Morgan fingerprint density at radius 1 is 1.07 bits per heavy atom. The third kappa shape index (κ3) is 4.79. The van der Waals surface area contributed by atoms with E-state index < -0.39 is 23.0 Å². The fraction of sp³-hybridized carbons (Fsp3) is 0.333. The molecule has 1 amide bonds. The fourth-order valence-corrected chi connectivity index (χ4v) is 6.04. The highest BCUT2D eigenvalue weighted by atomic mass is 127. The van der Waals surface area contributed by atoms with Gasteiger partial charge in [0.25, 0.3) is 11.1 Å². The van der Waals surface area contributed by atoms with E-state index in [4.69, 9.17) is 5.73 Å². The first-order valence-corrected chi connectivity index (χ1v) is 14.7. The first-order valence-electron chi connectivity index (χ1n) is 13.6. The molecule has 2 fully saturated rings. The first kappa shape index (κ1) is 27.4. The van der Waals surface area contributed by atoms with Crippen molar-refractivity contribution in [1.82, 2.24) is 13.7 Å². The summed E-state index contributed by atoms with van der Waals surface area (Å²) in [4.78, 5) is 55.3.